The van der Waals surface area contributed by atoms with Crippen molar-refractivity contribution >= 4 is 16.7 Å². The number of piperidine rings is 1. The van der Waals surface area contributed by atoms with Crippen LogP contribution in [0, 0.1) is 11.7 Å². The van der Waals surface area contributed by atoms with Crippen LogP contribution in [0.1, 0.15) is 35.2 Å². The molecule has 3 aromatic rings. The summed E-state index contributed by atoms with van der Waals surface area (Å²) in [5, 5.41) is 19.9. The van der Waals surface area contributed by atoms with E-state index in [4.69, 9.17) is 0 Å². The van der Waals surface area contributed by atoms with Crippen LogP contribution in [0.2, 0.25) is 0 Å². The summed E-state index contributed by atoms with van der Waals surface area (Å²) >= 11 is 0. The summed E-state index contributed by atoms with van der Waals surface area (Å²) < 4.78 is 13.0. The van der Waals surface area contributed by atoms with E-state index in [-0.39, 0.29) is 23.1 Å². The van der Waals surface area contributed by atoms with E-state index in [1.807, 2.05) is 12.1 Å². The van der Waals surface area contributed by atoms with Crippen molar-refractivity contribution in [2.45, 2.75) is 25.7 Å². The molecular formula is C23H25FN2O3. The van der Waals surface area contributed by atoms with Crippen LogP contribution in [0.25, 0.3) is 10.9 Å². The van der Waals surface area contributed by atoms with Gasteiger partial charge in [-0.3, -0.25) is 4.79 Å². The number of carbonyl (C=O) groups excluding carboxylic acids is 1. The molecule has 0 spiro atoms. The summed E-state index contributed by atoms with van der Waals surface area (Å²) in [6.07, 6.45) is 5.17. The number of ketones is 1. The molecule has 0 unspecified atom stereocenters. The minimum Gasteiger partial charge on any atom is -0.504 e. The molecule has 0 saturated carbocycles. The Kier molecular flexibility index (Phi) is 5.53. The maximum absolute atomic E-state index is 13.0. The van der Waals surface area contributed by atoms with Crippen LogP contribution in [-0.2, 0) is 6.42 Å². The number of nitrogens with zero attached hydrogens (tertiary/aromatic N) is 1. The lowest BCUT2D eigenvalue weighted by atomic mass is 9.90. The first-order valence-corrected chi connectivity index (χ1v) is 10.0. The zero-order valence-electron chi connectivity index (χ0n) is 16.2. The Bertz CT molecular complexity index is 1000. The van der Waals surface area contributed by atoms with E-state index < -0.39 is 0 Å². The Morgan fingerprint density at radius 3 is 2.52 bits per heavy atom. The van der Waals surface area contributed by atoms with Gasteiger partial charge in [0.25, 0.3) is 0 Å². The number of nitrogens with one attached hydrogen (secondary N) is 1. The molecule has 29 heavy (non-hydrogen) atoms. The van der Waals surface area contributed by atoms with E-state index >= 15 is 0 Å². The van der Waals surface area contributed by atoms with Gasteiger partial charge in [0, 0.05) is 36.2 Å². The highest BCUT2D eigenvalue weighted by Crippen LogP contribution is 2.32. The normalized spacial score (nSPS) is 15.8. The maximum atomic E-state index is 13.0. The standard InChI is InChI=1S/C23H25FN2O3/c24-17-3-1-15(2-4-17)11-16-5-8-26(9-6-16)10-7-21(27)19-14-25-20-13-23(29)22(28)12-18(19)20/h1-4,12-14,16,25,28-29H,5-11H2. The van der Waals surface area contributed by atoms with E-state index in [0.29, 0.717) is 35.3 Å². The highest BCUT2D eigenvalue weighted by atomic mass is 19.1. The van der Waals surface area contributed by atoms with Crippen LogP contribution in [0.4, 0.5) is 4.39 Å². The fourth-order valence-corrected chi connectivity index (χ4v) is 4.14. The summed E-state index contributed by atoms with van der Waals surface area (Å²) in [5.74, 6) is -0.0156. The molecule has 1 aromatic heterocycles. The minimum absolute atomic E-state index is 0.0229. The van der Waals surface area contributed by atoms with E-state index in [0.717, 1.165) is 32.4 Å². The number of carbonyl (C=O) groups is 1. The molecule has 0 bridgehead atoms. The molecule has 6 heteroatoms. The Hall–Kier alpha value is -2.86. The second kappa shape index (κ2) is 8.25. The summed E-state index contributed by atoms with van der Waals surface area (Å²) in [4.78, 5) is 18.0. The van der Waals surface area contributed by atoms with Crippen molar-refractivity contribution in [3.05, 3.63) is 59.5 Å². The fourth-order valence-electron chi connectivity index (χ4n) is 4.14. The highest BCUT2D eigenvalue weighted by molar-refractivity contribution is 6.08. The van der Waals surface area contributed by atoms with E-state index in [1.165, 1.54) is 29.8 Å². The van der Waals surface area contributed by atoms with Crippen LogP contribution >= 0.6 is 0 Å². The van der Waals surface area contributed by atoms with Crippen LogP contribution < -0.4 is 0 Å². The summed E-state index contributed by atoms with van der Waals surface area (Å²) in [6.45, 7) is 2.63. The number of H-pyrrole nitrogens is 1. The van der Waals surface area contributed by atoms with Gasteiger partial charge in [0.05, 0.1) is 5.52 Å². The number of likely N-dealkylation sites (tertiary alicyclic amines) is 1. The number of aromatic hydroxyl groups is 2. The molecule has 2 heterocycles. The molecule has 1 aliphatic rings. The van der Waals surface area contributed by atoms with Crippen molar-refractivity contribution in [3.8, 4) is 11.5 Å². The van der Waals surface area contributed by atoms with Crippen molar-refractivity contribution < 1.29 is 19.4 Å². The van der Waals surface area contributed by atoms with Gasteiger partial charge in [0.1, 0.15) is 5.82 Å². The van der Waals surface area contributed by atoms with Crippen LogP contribution in [0.15, 0.2) is 42.6 Å². The van der Waals surface area contributed by atoms with Crippen molar-refractivity contribution in [2.75, 3.05) is 19.6 Å². The third-order valence-electron chi connectivity index (χ3n) is 5.88. The first-order valence-electron chi connectivity index (χ1n) is 10.0. The molecule has 4 rings (SSSR count). The monoisotopic (exact) mass is 396 g/mol. The van der Waals surface area contributed by atoms with E-state index in [1.54, 1.807) is 6.20 Å². The van der Waals surface area contributed by atoms with Gasteiger partial charge in [-0.2, -0.15) is 0 Å². The lowest BCUT2D eigenvalue weighted by molar-refractivity contribution is 0.0952. The number of fused-ring (bicyclic) bond motifs is 1. The Balaban J connectivity index is 1.28. The third kappa shape index (κ3) is 4.43. The lowest BCUT2D eigenvalue weighted by Gasteiger charge is -2.31. The number of Topliss-reactive ketones (excluding diaryl/α,β-unsaturated/α-hetero) is 1. The number of aromatic nitrogens is 1. The van der Waals surface area contributed by atoms with Gasteiger partial charge in [-0.15, -0.1) is 0 Å². The van der Waals surface area contributed by atoms with Gasteiger partial charge < -0.3 is 20.1 Å². The average Bonchev–Trinajstić information content (AvgIpc) is 3.12. The van der Waals surface area contributed by atoms with Gasteiger partial charge in [-0.25, -0.2) is 4.39 Å². The average molecular weight is 396 g/mol. The van der Waals surface area contributed by atoms with Gasteiger partial charge in [-0.1, -0.05) is 12.1 Å². The zero-order valence-corrected chi connectivity index (χ0v) is 16.2. The molecule has 0 amide bonds. The summed E-state index contributed by atoms with van der Waals surface area (Å²) in [6, 6.07) is 9.60. The van der Waals surface area contributed by atoms with Gasteiger partial charge in [-0.05, 0) is 62.0 Å². The Morgan fingerprint density at radius 1 is 1.10 bits per heavy atom. The summed E-state index contributed by atoms with van der Waals surface area (Å²) in [7, 11) is 0. The molecule has 0 atom stereocenters. The number of rotatable bonds is 6. The molecule has 3 N–H and O–H groups in total. The van der Waals surface area contributed by atoms with Crippen molar-refractivity contribution in [2.24, 2.45) is 5.92 Å². The number of benzene rings is 2. The largest absolute Gasteiger partial charge is 0.504 e. The van der Waals surface area contributed by atoms with Crippen molar-refractivity contribution in [1.82, 2.24) is 9.88 Å². The quantitative estimate of drug-likeness (QED) is 0.430. The first kappa shape index (κ1) is 19.5. The minimum atomic E-state index is -0.227. The lowest BCUT2D eigenvalue weighted by Crippen LogP contribution is -2.35. The molecule has 1 aliphatic heterocycles. The zero-order chi connectivity index (χ0) is 20.4. The molecular weight excluding hydrogens is 371 g/mol. The van der Waals surface area contributed by atoms with E-state index in [9.17, 15) is 19.4 Å². The smallest absolute Gasteiger partial charge is 0.166 e. The third-order valence-corrected chi connectivity index (χ3v) is 5.88. The second-order valence-electron chi connectivity index (χ2n) is 7.88. The Morgan fingerprint density at radius 2 is 1.79 bits per heavy atom. The van der Waals surface area contributed by atoms with Gasteiger partial charge in [0.2, 0.25) is 0 Å². The molecule has 152 valence electrons. The van der Waals surface area contributed by atoms with Crippen LogP contribution in [0.5, 0.6) is 11.5 Å². The van der Waals surface area contributed by atoms with Crippen LogP contribution in [-0.4, -0.2) is 45.5 Å². The van der Waals surface area contributed by atoms with Crippen molar-refractivity contribution in [1.29, 1.82) is 0 Å². The molecule has 0 aliphatic carbocycles. The highest BCUT2D eigenvalue weighted by Gasteiger charge is 2.21. The molecule has 2 aromatic carbocycles. The van der Waals surface area contributed by atoms with E-state index in [2.05, 4.69) is 9.88 Å². The first-order chi connectivity index (χ1) is 14.0. The van der Waals surface area contributed by atoms with Gasteiger partial charge >= 0.3 is 0 Å². The second-order valence-corrected chi connectivity index (χ2v) is 7.88. The number of halogens is 1. The van der Waals surface area contributed by atoms with Crippen LogP contribution in [0.3, 0.4) is 0 Å². The number of aromatic amines is 1. The topological polar surface area (TPSA) is 76.6 Å². The summed E-state index contributed by atoms with van der Waals surface area (Å²) in [5.41, 5.74) is 2.35. The van der Waals surface area contributed by atoms with Crippen molar-refractivity contribution in [3.63, 3.8) is 0 Å². The molecule has 0 radical (unpaired) electrons. The molecule has 1 saturated heterocycles. The fraction of sp³-hybridized carbons (Fsp3) is 0.348. The number of hydrogen-bond acceptors (Lipinski definition) is 4. The molecule has 1 fully saturated rings. The number of hydrogen-bond donors (Lipinski definition) is 3. The Labute approximate surface area is 168 Å². The number of phenols is 2. The predicted octanol–water partition coefficient (Wildman–Crippen LogP) is 4.25. The maximum Gasteiger partial charge on any atom is 0.166 e. The number of phenolic OH excluding ortho intramolecular Hbond substituents is 2. The predicted molar refractivity (Wildman–Crippen MR) is 110 cm³/mol. The molecule has 5 nitrogen and oxygen atoms in total. The van der Waals surface area contributed by atoms with Gasteiger partial charge in [0.15, 0.2) is 17.3 Å². The SMILES string of the molecule is O=C(CCN1CCC(Cc2ccc(F)cc2)CC1)c1c[nH]c2cc(O)c(O)cc12.